The number of carbonyl (C=O) groups is 1. The predicted octanol–water partition coefficient (Wildman–Crippen LogP) is 5.02. The zero-order valence-electron chi connectivity index (χ0n) is 11.4. The molecule has 1 saturated heterocycles. The molecule has 1 atom stereocenters. The summed E-state index contributed by atoms with van der Waals surface area (Å²) in [5, 5.41) is 0.769. The first-order valence-corrected chi connectivity index (χ1v) is 8.50. The molecule has 0 aliphatic carbocycles. The molecular formula is C16H12Cl2FNOS. The van der Waals surface area contributed by atoms with Crippen LogP contribution in [0.1, 0.15) is 21.3 Å². The van der Waals surface area contributed by atoms with Crippen molar-refractivity contribution < 1.29 is 9.18 Å². The van der Waals surface area contributed by atoms with Gasteiger partial charge < -0.3 is 4.90 Å². The van der Waals surface area contributed by atoms with Crippen molar-refractivity contribution in [2.75, 3.05) is 12.3 Å². The minimum Gasteiger partial charge on any atom is -0.322 e. The lowest BCUT2D eigenvalue weighted by Gasteiger charge is -2.25. The average Bonchev–Trinajstić information content (AvgIpc) is 2.99. The van der Waals surface area contributed by atoms with Gasteiger partial charge >= 0.3 is 0 Å². The van der Waals surface area contributed by atoms with Crippen molar-refractivity contribution in [2.45, 2.75) is 5.37 Å². The summed E-state index contributed by atoms with van der Waals surface area (Å²) in [6.45, 7) is 0.619. The van der Waals surface area contributed by atoms with Crippen LogP contribution in [-0.4, -0.2) is 23.1 Å². The van der Waals surface area contributed by atoms with Crippen molar-refractivity contribution in [3.8, 4) is 0 Å². The predicted molar refractivity (Wildman–Crippen MR) is 89.1 cm³/mol. The monoisotopic (exact) mass is 355 g/mol. The Morgan fingerprint density at radius 1 is 1.18 bits per heavy atom. The van der Waals surface area contributed by atoms with Crippen LogP contribution in [0.4, 0.5) is 4.39 Å². The highest BCUT2D eigenvalue weighted by molar-refractivity contribution is 7.99. The topological polar surface area (TPSA) is 20.3 Å². The lowest BCUT2D eigenvalue weighted by atomic mass is 10.1. The molecule has 0 spiro atoms. The number of hydrogen-bond acceptors (Lipinski definition) is 2. The van der Waals surface area contributed by atoms with Crippen LogP contribution in [0.5, 0.6) is 0 Å². The van der Waals surface area contributed by atoms with E-state index in [0.717, 1.165) is 11.3 Å². The quantitative estimate of drug-likeness (QED) is 0.753. The van der Waals surface area contributed by atoms with E-state index < -0.39 is 0 Å². The summed E-state index contributed by atoms with van der Waals surface area (Å²) in [7, 11) is 0. The molecule has 114 valence electrons. The summed E-state index contributed by atoms with van der Waals surface area (Å²) < 4.78 is 13.0. The van der Waals surface area contributed by atoms with Crippen LogP contribution < -0.4 is 0 Å². The van der Waals surface area contributed by atoms with E-state index in [1.165, 1.54) is 24.3 Å². The largest absolute Gasteiger partial charge is 0.322 e. The Labute approximate surface area is 142 Å². The summed E-state index contributed by atoms with van der Waals surface area (Å²) >= 11 is 14.0. The minimum absolute atomic E-state index is 0.133. The first-order valence-electron chi connectivity index (χ1n) is 6.70. The van der Waals surface area contributed by atoms with Crippen molar-refractivity contribution in [2.24, 2.45) is 0 Å². The Kier molecular flexibility index (Phi) is 4.62. The number of nitrogens with zero attached hydrogens (tertiary/aromatic N) is 1. The summed E-state index contributed by atoms with van der Waals surface area (Å²) in [4.78, 5) is 14.4. The van der Waals surface area contributed by atoms with Crippen LogP contribution in [-0.2, 0) is 0 Å². The third-order valence-electron chi connectivity index (χ3n) is 3.49. The molecule has 0 unspecified atom stereocenters. The summed E-state index contributed by atoms with van der Waals surface area (Å²) in [6.07, 6.45) is 0. The maximum Gasteiger partial charge on any atom is 0.255 e. The normalized spacial score (nSPS) is 17.8. The van der Waals surface area contributed by atoms with Gasteiger partial charge in [-0.1, -0.05) is 35.3 Å². The second-order valence-electron chi connectivity index (χ2n) is 4.87. The van der Waals surface area contributed by atoms with Crippen molar-refractivity contribution in [3.05, 3.63) is 69.5 Å². The van der Waals surface area contributed by atoms with Crippen molar-refractivity contribution in [1.82, 2.24) is 4.90 Å². The maximum absolute atomic E-state index is 13.0. The highest BCUT2D eigenvalue weighted by Crippen LogP contribution is 2.43. The average molecular weight is 356 g/mol. The fraction of sp³-hybridized carbons (Fsp3) is 0.188. The second-order valence-corrected chi connectivity index (χ2v) is 6.84. The van der Waals surface area contributed by atoms with E-state index in [2.05, 4.69) is 0 Å². The van der Waals surface area contributed by atoms with E-state index in [1.54, 1.807) is 22.7 Å². The second kappa shape index (κ2) is 6.49. The number of hydrogen-bond donors (Lipinski definition) is 0. The van der Waals surface area contributed by atoms with Crippen LogP contribution in [0.2, 0.25) is 10.0 Å². The van der Waals surface area contributed by atoms with Crippen LogP contribution in [0.25, 0.3) is 0 Å². The standard InChI is InChI=1S/C16H12Cl2FNOS/c17-13-3-1-2-12(14(13)18)16-20(8-9-22-16)15(21)10-4-6-11(19)7-5-10/h1-7,16H,8-9H2/t16-/m0/s1. The fourth-order valence-corrected chi connectivity index (χ4v) is 4.16. The van der Waals surface area contributed by atoms with E-state index in [9.17, 15) is 9.18 Å². The zero-order chi connectivity index (χ0) is 15.7. The molecule has 3 rings (SSSR count). The first kappa shape index (κ1) is 15.7. The molecule has 1 fully saturated rings. The third-order valence-corrected chi connectivity index (χ3v) is 5.57. The van der Waals surface area contributed by atoms with Gasteiger partial charge in [-0.05, 0) is 30.3 Å². The number of benzene rings is 2. The van der Waals surface area contributed by atoms with Crippen LogP contribution in [0.15, 0.2) is 42.5 Å². The van der Waals surface area contributed by atoms with Crippen molar-refractivity contribution in [1.29, 1.82) is 0 Å². The molecule has 0 N–H and O–H groups in total. The fourth-order valence-electron chi connectivity index (χ4n) is 2.41. The van der Waals surface area contributed by atoms with Crippen LogP contribution in [0.3, 0.4) is 0 Å². The number of amides is 1. The van der Waals surface area contributed by atoms with Gasteiger partial charge in [-0.3, -0.25) is 4.79 Å². The van der Waals surface area contributed by atoms with E-state index in [-0.39, 0.29) is 17.1 Å². The minimum atomic E-state index is -0.359. The van der Waals surface area contributed by atoms with Gasteiger partial charge in [-0.15, -0.1) is 11.8 Å². The molecule has 2 aromatic carbocycles. The Hall–Kier alpha value is -1.23. The molecule has 0 bridgehead atoms. The van der Waals surface area contributed by atoms with E-state index in [4.69, 9.17) is 23.2 Å². The maximum atomic E-state index is 13.0. The number of thioether (sulfide) groups is 1. The molecule has 1 aliphatic heterocycles. The van der Waals surface area contributed by atoms with E-state index in [1.807, 2.05) is 12.1 Å². The van der Waals surface area contributed by atoms with Crippen molar-refractivity contribution in [3.63, 3.8) is 0 Å². The summed E-state index contributed by atoms with van der Waals surface area (Å²) in [5.74, 6) is 0.327. The zero-order valence-corrected chi connectivity index (χ0v) is 13.8. The molecule has 1 amide bonds. The molecule has 6 heteroatoms. The lowest BCUT2D eigenvalue weighted by molar-refractivity contribution is 0.0760. The number of carbonyl (C=O) groups excluding carboxylic acids is 1. The Morgan fingerprint density at radius 2 is 1.91 bits per heavy atom. The van der Waals surface area contributed by atoms with Gasteiger partial charge in [0.1, 0.15) is 11.2 Å². The van der Waals surface area contributed by atoms with Gasteiger partial charge in [-0.2, -0.15) is 0 Å². The lowest BCUT2D eigenvalue weighted by Crippen LogP contribution is -2.30. The Morgan fingerprint density at radius 3 is 2.64 bits per heavy atom. The van der Waals surface area contributed by atoms with E-state index in [0.29, 0.717) is 22.2 Å². The first-order chi connectivity index (χ1) is 10.6. The van der Waals surface area contributed by atoms with Gasteiger partial charge in [0.25, 0.3) is 5.91 Å². The van der Waals surface area contributed by atoms with Crippen LogP contribution >= 0.6 is 35.0 Å². The number of rotatable bonds is 2. The highest BCUT2D eigenvalue weighted by Gasteiger charge is 2.32. The molecule has 1 heterocycles. The molecule has 1 aliphatic rings. The smallest absolute Gasteiger partial charge is 0.255 e. The Bertz CT molecular complexity index is 708. The van der Waals surface area contributed by atoms with Crippen LogP contribution in [0, 0.1) is 5.82 Å². The molecule has 2 nitrogen and oxygen atoms in total. The van der Waals surface area contributed by atoms with Gasteiger partial charge in [0.15, 0.2) is 0 Å². The van der Waals surface area contributed by atoms with Gasteiger partial charge in [0.2, 0.25) is 0 Å². The molecule has 0 radical (unpaired) electrons. The van der Waals surface area contributed by atoms with E-state index >= 15 is 0 Å². The van der Waals surface area contributed by atoms with Gasteiger partial charge in [0, 0.05) is 23.4 Å². The van der Waals surface area contributed by atoms with Crippen molar-refractivity contribution >= 4 is 40.9 Å². The molecule has 2 aromatic rings. The Balaban J connectivity index is 1.91. The SMILES string of the molecule is O=C(c1ccc(F)cc1)N1CCS[C@H]1c1cccc(Cl)c1Cl. The summed E-state index contributed by atoms with van der Waals surface area (Å²) in [6, 6.07) is 11.0. The molecule has 22 heavy (non-hydrogen) atoms. The van der Waals surface area contributed by atoms with Gasteiger partial charge in [-0.25, -0.2) is 4.39 Å². The molecule has 0 aromatic heterocycles. The molecule has 0 saturated carbocycles. The third kappa shape index (κ3) is 2.96. The van der Waals surface area contributed by atoms with Gasteiger partial charge in [0.05, 0.1) is 10.0 Å². The summed E-state index contributed by atoms with van der Waals surface area (Å²) in [5.41, 5.74) is 1.29. The number of halogens is 3. The molecular weight excluding hydrogens is 344 g/mol. The highest BCUT2D eigenvalue weighted by atomic mass is 35.5.